The Labute approximate surface area is 107 Å². The van der Waals surface area contributed by atoms with E-state index < -0.39 is 0 Å². The monoisotopic (exact) mass is 259 g/mol. The van der Waals surface area contributed by atoms with Crippen LogP contribution in [0.5, 0.6) is 5.75 Å². The maximum atomic E-state index is 9.74. The summed E-state index contributed by atoms with van der Waals surface area (Å²) in [5, 5.41) is 10.9. The second-order valence-electron chi connectivity index (χ2n) is 3.56. The smallest absolute Gasteiger partial charge is 0.129 e. The lowest BCUT2D eigenvalue weighted by molar-refractivity contribution is 0.462. The Bertz CT molecular complexity index is 663. The fourth-order valence-corrected chi connectivity index (χ4v) is 3.53. The Kier molecular flexibility index (Phi) is 2.74. The summed E-state index contributed by atoms with van der Waals surface area (Å²) in [5.41, 5.74) is 1.01. The lowest BCUT2D eigenvalue weighted by Crippen LogP contribution is -1.72. The van der Waals surface area contributed by atoms with Crippen LogP contribution in [0.2, 0.25) is 0 Å². The molecule has 0 spiro atoms. The van der Waals surface area contributed by atoms with E-state index in [9.17, 15) is 5.11 Å². The van der Waals surface area contributed by atoms with Gasteiger partial charge < -0.3 is 5.11 Å². The first-order chi connectivity index (χ1) is 8.34. The van der Waals surface area contributed by atoms with Gasteiger partial charge in [0.25, 0.3) is 0 Å². The van der Waals surface area contributed by atoms with Gasteiger partial charge in [0.15, 0.2) is 0 Å². The van der Waals surface area contributed by atoms with Crippen LogP contribution in [0.3, 0.4) is 0 Å². The molecule has 1 N–H and O–H groups in total. The third kappa shape index (κ3) is 2.01. The summed E-state index contributed by atoms with van der Waals surface area (Å²) in [6.45, 7) is 0. The molecule has 0 amide bonds. The number of nitrogens with zero attached hydrogens (tertiary/aromatic N) is 1. The predicted molar refractivity (Wildman–Crippen MR) is 71.8 cm³/mol. The summed E-state index contributed by atoms with van der Waals surface area (Å²) in [4.78, 5) is 0.863. The molecule has 2 aromatic carbocycles. The Morgan fingerprint density at radius 2 is 1.76 bits per heavy atom. The van der Waals surface area contributed by atoms with Gasteiger partial charge in [-0.3, -0.25) is 0 Å². The number of hydrogen-bond donors (Lipinski definition) is 1. The molecule has 0 atom stereocenters. The van der Waals surface area contributed by atoms with Crippen LogP contribution >= 0.6 is 23.3 Å². The van der Waals surface area contributed by atoms with E-state index in [1.807, 2.05) is 36.4 Å². The molecule has 0 fully saturated rings. The van der Waals surface area contributed by atoms with Crippen LogP contribution in [0.15, 0.2) is 57.6 Å². The summed E-state index contributed by atoms with van der Waals surface area (Å²) < 4.78 is 5.50. The van der Waals surface area contributed by atoms with Crippen LogP contribution in [0.1, 0.15) is 0 Å². The number of aromatic hydroxyl groups is 1. The molecule has 1 heterocycles. The minimum Gasteiger partial charge on any atom is -0.507 e. The Balaban J connectivity index is 2.03. The Morgan fingerprint density at radius 3 is 2.65 bits per heavy atom. The van der Waals surface area contributed by atoms with Crippen molar-refractivity contribution in [1.29, 1.82) is 0 Å². The number of para-hydroxylation sites is 1. The fourth-order valence-electron chi connectivity index (χ4n) is 1.58. The van der Waals surface area contributed by atoms with Crippen LogP contribution < -0.4 is 0 Å². The van der Waals surface area contributed by atoms with Crippen molar-refractivity contribution in [2.45, 2.75) is 9.10 Å². The van der Waals surface area contributed by atoms with E-state index in [1.165, 1.54) is 11.5 Å². The van der Waals surface area contributed by atoms with Crippen molar-refractivity contribution in [2.24, 2.45) is 0 Å². The van der Waals surface area contributed by atoms with Crippen molar-refractivity contribution < 1.29 is 5.11 Å². The first kappa shape index (κ1) is 10.6. The van der Waals surface area contributed by atoms with Crippen molar-refractivity contribution in [3.05, 3.63) is 48.5 Å². The van der Waals surface area contributed by atoms with E-state index in [-0.39, 0.29) is 0 Å². The average Bonchev–Trinajstić information content (AvgIpc) is 2.76. The van der Waals surface area contributed by atoms with E-state index in [2.05, 4.69) is 10.4 Å². The normalized spacial score (nSPS) is 10.8. The third-order valence-electron chi connectivity index (χ3n) is 2.42. The third-order valence-corrected chi connectivity index (χ3v) is 4.54. The number of fused-ring (bicyclic) bond motifs is 1. The molecule has 0 radical (unpaired) electrons. The fraction of sp³-hybridized carbons (Fsp3) is 0. The molecule has 3 aromatic rings. The molecule has 2 nitrogen and oxygen atoms in total. The maximum Gasteiger partial charge on any atom is 0.129 e. The van der Waals surface area contributed by atoms with Gasteiger partial charge in [-0.05, 0) is 29.7 Å². The van der Waals surface area contributed by atoms with E-state index in [4.69, 9.17) is 0 Å². The number of benzene rings is 2. The van der Waals surface area contributed by atoms with E-state index in [0.717, 1.165) is 20.0 Å². The Hall–Kier alpha value is -1.52. The zero-order valence-corrected chi connectivity index (χ0v) is 10.5. The van der Waals surface area contributed by atoms with Gasteiger partial charge in [0.2, 0.25) is 0 Å². The topological polar surface area (TPSA) is 33.1 Å². The molecule has 3 rings (SSSR count). The van der Waals surface area contributed by atoms with Crippen LogP contribution in [0, 0.1) is 0 Å². The van der Waals surface area contributed by atoms with Crippen molar-refractivity contribution in [1.82, 2.24) is 4.37 Å². The van der Waals surface area contributed by atoms with Crippen molar-refractivity contribution in [3.63, 3.8) is 0 Å². The van der Waals surface area contributed by atoms with Crippen molar-refractivity contribution >= 4 is 34.2 Å². The van der Waals surface area contributed by atoms with Gasteiger partial charge >= 0.3 is 0 Å². The highest BCUT2D eigenvalue weighted by molar-refractivity contribution is 8.01. The van der Waals surface area contributed by atoms with Crippen LogP contribution in [0.25, 0.3) is 10.9 Å². The average molecular weight is 259 g/mol. The molecule has 17 heavy (non-hydrogen) atoms. The standard InChI is InChI=1S/C13H9NOS2/c15-11-7-3-4-8-12(11)16-13-9-5-1-2-6-10(9)14-17-13/h1-8,15H. The molecular formula is C13H9NOS2. The number of phenolic OH excluding ortho intramolecular Hbond substituents is 1. The van der Waals surface area contributed by atoms with Gasteiger partial charge in [-0.1, -0.05) is 42.1 Å². The second kappa shape index (κ2) is 4.39. The molecule has 0 aliphatic heterocycles. The molecule has 1 aromatic heterocycles. The minimum atomic E-state index is 0.315. The number of phenols is 1. The molecule has 0 aliphatic rings. The lowest BCUT2D eigenvalue weighted by Gasteiger charge is -2.01. The van der Waals surface area contributed by atoms with Crippen LogP contribution in [-0.2, 0) is 0 Å². The van der Waals surface area contributed by atoms with Crippen molar-refractivity contribution in [2.75, 3.05) is 0 Å². The second-order valence-corrected chi connectivity index (χ2v) is 5.64. The van der Waals surface area contributed by atoms with Crippen molar-refractivity contribution in [3.8, 4) is 5.75 Å². The number of rotatable bonds is 2. The zero-order chi connectivity index (χ0) is 11.7. The van der Waals surface area contributed by atoms with Gasteiger partial charge in [-0.15, -0.1) is 0 Å². The molecule has 0 saturated carbocycles. The van der Waals surface area contributed by atoms with Gasteiger partial charge in [0.05, 0.1) is 14.6 Å². The summed E-state index contributed by atoms with van der Waals surface area (Å²) in [7, 11) is 0. The van der Waals surface area contributed by atoms with Gasteiger partial charge in [-0.2, -0.15) is 4.37 Å². The first-order valence-corrected chi connectivity index (χ1v) is 6.74. The van der Waals surface area contributed by atoms with Gasteiger partial charge in [-0.25, -0.2) is 0 Å². The predicted octanol–water partition coefficient (Wildman–Crippen LogP) is 4.15. The highest BCUT2D eigenvalue weighted by Crippen LogP contribution is 2.39. The first-order valence-electron chi connectivity index (χ1n) is 5.15. The molecule has 0 unspecified atom stereocenters. The molecule has 0 aliphatic carbocycles. The quantitative estimate of drug-likeness (QED) is 0.750. The summed E-state index contributed by atoms with van der Waals surface area (Å²) >= 11 is 3.02. The molecule has 0 saturated heterocycles. The minimum absolute atomic E-state index is 0.315. The Morgan fingerprint density at radius 1 is 1.00 bits per heavy atom. The summed E-state index contributed by atoms with van der Waals surface area (Å²) in [6.07, 6.45) is 0. The van der Waals surface area contributed by atoms with Gasteiger partial charge in [0.1, 0.15) is 5.75 Å². The summed E-state index contributed by atoms with van der Waals surface area (Å²) in [5.74, 6) is 0.315. The summed E-state index contributed by atoms with van der Waals surface area (Å²) in [6, 6.07) is 15.4. The van der Waals surface area contributed by atoms with E-state index >= 15 is 0 Å². The lowest BCUT2D eigenvalue weighted by atomic mass is 10.3. The molecular weight excluding hydrogens is 250 g/mol. The highest BCUT2D eigenvalue weighted by atomic mass is 32.2. The largest absolute Gasteiger partial charge is 0.507 e. The number of aromatic nitrogens is 1. The SMILES string of the molecule is Oc1ccccc1Sc1snc2ccccc12. The van der Waals surface area contributed by atoms with Crippen LogP contribution in [-0.4, -0.2) is 9.48 Å². The zero-order valence-electron chi connectivity index (χ0n) is 8.83. The molecule has 84 valence electrons. The number of hydrogen-bond acceptors (Lipinski definition) is 4. The van der Waals surface area contributed by atoms with E-state index in [1.54, 1.807) is 17.8 Å². The molecule has 4 heteroatoms. The van der Waals surface area contributed by atoms with Gasteiger partial charge in [0, 0.05) is 5.39 Å². The van der Waals surface area contributed by atoms with Crippen LogP contribution in [0.4, 0.5) is 0 Å². The highest BCUT2D eigenvalue weighted by Gasteiger charge is 2.09. The van der Waals surface area contributed by atoms with E-state index in [0.29, 0.717) is 5.75 Å². The maximum absolute atomic E-state index is 9.74. The molecule has 0 bridgehead atoms.